The van der Waals surface area contributed by atoms with Gasteiger partial charge in [-0.3, -0.25) is 4.99 Å². The molecular formula is C18H39IN4O3. The summed E-state index contributed by atoms with van der Waals surface area (Å²) in [6.07, 6.45) is 3.40. The molecule has 1 heterocycles. The fourth-order valence-corrected chi connectivity index (χ4v) is 2.57. The average molecular weight is 486 g/mol. The zero-order valence-corrected chi connectivity index (χ0v) is 19.3. The van der Waals surface area contributed by atoms with E-state index in [0.29, 0.717) is 6.54 Å². The number of halogens is 1. The maximum atomic E-state index is 5.80. The molecule has 0 amide bonds. The highest BCUT2D eigenvalue weighted by molar-refractivity contribution is 14.0. The molecule has 1 saturated heterocycles. The number of rotatable bonds is 13. The van der Waals surface area contributed by atoms with E-state index in [2.05, 4.69) is 41.5 Å². The first-order valence-corrected chi connectivity index (χ1v) is 9.63. The molecule has 0 aromatic carbocycles. The van der Waals surface area contributed by atoms with Crippen LogP contribution in [0.3, 0.4) is 0 Å². The largest absolute Gasteiger partial charge is 0.379 e. The number of guanidine groups is 1. The van der Waals surface area contributed by atoms with Gasteiger partial charge in [0.1, 0.15) is 0 Å². The number of nitrogens with one attached hydrogen (secondary N) is 2. The molecule has 0 aromatic heterocycles. The molecule has 8 heteroatoms. The number of hydrogen-bond acceptors (Lipinski definition) is 5. The Labute approximate surface area is 176 Å². The van der Waals surface area contributed by atoms with Gasteiger partial charge in [0, 0.05) is 39.5 Å². The van der Waals surface area contributed by atoms with Crippen LogP contribution in [0.4, 0.5) is 0 Å². The van der Waals surface area contributed by atoms with Crippen molar-refractivity contribution in [1.82, 2.24) is 15.5 Å². The van der Waals surface area contributed by atoms with Gasteiger partial charge in [-0.1, -0.05) is 0 Å². The molecule has 0 spiro atoms. The molecule has 0 aromatic rings. The molecule has 0 aliphatic carbocycles. The zero-order valence-electron chi connectivity index (χ0n) is 17.0. The first-order valence-electron chi connectivity index (χ1n) is 9.63. The van der Waals surface area contributed by atoms with Crippen molar-refractivity contribution in [3.8, 4) is 0 Å². The lowest BCUT2D eigenvalue weighted by molar-refractivity contribution is 0.0419. The van der Waals surface area contributed by atoms with Crippen molar-refractivity contribution in [2.75, 3.05) is 66.7 Å². The van der Waals surface area contributed by atoms with E-state index in [1.54, 1.807) is 0 Å². The van der Waals surface area contributed by atoms with E-state index >= 15 is 0 Å². The lowest BCUT2D eigenvalue weighted by Crippen LogP contribution is -2.39. The van der Waals surface area contributed by atoms with Crippen LogP contribution in [-0.4, -0.2) is 89.8 Å². The van der Waals surface area contributed by atoms with Gasteiger partial charge in [0.15, 0.2) is 5.96 Å². The second kappa shape index (κ2) is 17.0. The molecule has 0 bridgehead atoms. The third-order valence-corrected chi connectivity index (χ3v) is 3.95. The van der Waals surface area contributed by atoms with Crippen LogP contribution in [0.15, 0.2) is 4.99 Å². The SMILES string of the molecule is CCNC(=NCC(CCN(C)C)OCC)NCCCOC1CCOC1.I. The monoisotopic (exact) mass is 486 g/mol. The summed E-state index contributed by atoms with van der Waals surface area (Å²) < 4.78 is 16.9. The zero-order chi connectivity index (χ0) is 18.3. The van der Waals surface area contributed by atoms with Crippen LogP contribution in [0.2, 0.25) is 0 Å². The Bertz CT molecular complexity index is 353. The van der Waals surface area contributed by atoms with Crippen LogP contribution in [0.25, 0.3) is 0 Å². The van der Waals surface area contributed by atoms with E-state index in [1.807, 2.05) is 6.92 Å². The molecule has 0 radical (unpaired) electrons. The van der Waals surface area contributed by atoms with Crippen molar-refractivity contribution in [1.29, 1.82) is 0 Å². The third-order valence-electron chi connectivity index (χ3n) is 3.95. The van der Waals surface area contributed by atoms with Gasteiger partial charge in [-0.25, -0.2) is 0 Å². The minimum Gasteiger partial charge on any atom is -0.379 e. The van der Waals surface area contributed by atoms with Crippen molar-refractivity contribution in [2.45, 2.75) is 45.3 Å². The highest BCUT2D eigenvalue weighted by Gasteiger charge is 2.15. The van der Waals surface area contributed by atoms with Crippen LogP contribution in [0.5, 0.6) is 0 Å². The summed E-state index contributed by atoms with van der Waals surface area (Å²) in [6, 6.07) is 0. The summed E-state index contributed by atoms with van der Waals surface area (Å²) in [5.41, 5.74) is 0. The maximum absolute atomic E-state index is 5.80. The minimum absolute atomic E-state index is 0. The van der Waals surface area contributed by atoms with Gasteiger partial charge in [0.2, 0.25) is 0 Å². The molecule has 26 heavy (non-hydrogen) atoms. The molecule has 1 fully saturated rings. The molecule has 2 atom stereocenters. The molecule has 7 nitrogen and oxygen atoms in total. The summed E-state index contributed by atoms with van der Waals surface area (Å²) in [5, 5.41) is 6.66. The van der Waals surface area contributed by atoms with Gasteiger partial charge in [0.25, 0.3) is 0 Å². The number of nitrogens with zero attached hydrogens (tertiary/aromatic N) is 2. The highest BCUT2D eigenvalue weighted by Crippen LogP contribution is 2.07. The highest BCUT2D eigenvalue weighted by atomic mass is 127. The van der Waals surface area contributed by atoms with Crippen molar-refractivity contribution >= 4 is 29.9 Å². The Morgan fingerprint density at radius 1 is 1.31 bits per heavy atom. The van der Waals surface area contributed by atoms with Crippen LogP contribution in [0, 0.1) is 0 Å². The predicted octanol–water partition coefficient (Wildman–Crippen LogP) is 1.71. The summed E-state index contributed by atoms with van der Waals surface area (Å²) in [7, 11) is 4.16. The lowest BCUT2D eigenvalue weighted by Gasteiger charge is -2.19. The summed E-state index contributed by atoms with van der Waals surface area (Å²) in [4.78, 5) is 6.85. The molecular weight excluding hydrogens is 447 g/mol. The van der Waals surface area contributed by atoms with Gasteiger partial charge in [0.05, 0.1) is 25.4 Å². The van der Waals surface area contributed by atoms with Gasteiger partial charge >= 0.3 is 0 Å². The van der Waals surface area contributed by atoms with Gasteiger partial charge in [-0.05, 0) is 47.2 Å². The Balaban J connectivity index is 0.00000625. The Hall–Kier alpha value is -0.160. The predicted molar refractivity (Wildman–Crippen MR) is 118 cm³/mol. The Morgan fingerprint density at radius 2 is 2.12 bits per heavy atom. The van der Waals surface area contributed by atoms with E-state index in [0.717, 1.165) is 71.3 Å². The molecule has 1 aliphatic rings. The molecule has 1 rings (SSSR count). The van der Waals surface area contributed by atoms with Crippen LogP contribution < -0.4 is 10.6 Å². The summed E-state index contributed by atoms with van der Waals surface area (Å²) in [6.45, 7) is 10.5. The van der Waals surface area contributed by atoms with Gasteiger partial charge in [-0.2, -0.15) is 0 Å². The Morgan fingerprint density at radius 3 is 2.73 bits per heavy atom. The van der Waals surface area contributed by atoms with Gasteiger partial charge in [-0.15, -0.1) is 24.0 Å². The van der Waals surface area contributed by atoms with E-state index in [9.17, 15) is 0 Å². The van der Waals surface area contributed by atoms with Crippen molar-refractivity contribution < 1.29 is 14.2 Å². The first kappa shape index (κ1) is 25.8. The second-order valence-electron chi connectivity index (χ2n) is 6.53. The topological polar surface area (TPSA) is 67.4 Å². The quantitative estimate of drug-likeness (QED) is 0.179. The average Bonchev–Trinajstić information content (AvgIpc) is 3.10. The number of ether oxygens (including phenoxy) is 3. The fraction of sp³-hybridized carbons (Fsp3) is 0.944. The van der Waals surface area contributed by atoms with E-state index in [1.165, 1.54) is 0 Å². The third kappa shape index (κ3) is 13.1. The van der Waals surface area contributed by atoms with Crippen molar-refractivity contribution in [3.63, 3.8) is 0 Å². The van der Waals surface area contributed by atoms with Crippen LogP contribution in [0.1, 0.15) is 33.1 Å². The smallest absolute Gasteiger partial charge is 0.191 e. The minimum atomic E-state index is 0. The van der Waals surface area contributed by atoms with Gasteiger partial charge < -0.3 is 29.7 Å². The molecule has 1 aliphatic heterocycles. The molecule has 0 saturated carbocycles. The van der Waals surface area contributed by atoms with Crippen molar-refractivity contribution in [3.05, 3.63) is 0 Å². The first-order chi connectivity index (χ1) is 12.2. The van der Waals surface area contributed by atoms with Crippen LogP contribution >= 0.6 is 24.0 Å². The van der Waals surface area contributed by atoms with Crippen molar-refractivity contribution in [2.24, 2.45) is 4.99 Å². The van der Waals surface area contributed by atoms with E-state index in [4.69, 9.17) is 14.2 Å². The number of hydrogen-bond donors (Lipinski definition) is 2. The fourth-order valence-electron chi connectivity index (χ4n) is 2.57. The summed E-state index contributed by atoms with van der Waals surface area (Å²) >= 11 is 0. The van der Waals surface area contributed by atoms with Crippen LogP contribution in [-0.2, 0) is 14.2 Å². The number of aliphatic imine (C=N–C) groups is 1. The molecule has 2 unspecified atom stereocenters. The lowest BCUT2D eigenvalue weighted by atomic mass is 10.2. The standard InChI is InChI=1S/C18H38N4O3.HI/c1-5-19-18(20-10-7-12-25-17-9-13-23-15-17)21-14-16(24-6-2)8-11-22(3)4;/h16-17H,5-15H2,1-4H3,(H2,19,20,21);1H. The molecule has 2 N–H and O–H groups in total. The Kier molecular flexibility index (Phi) is 16.9. The summed E-state index contributed by atoms with van der Waals surface area (Å²) in [5.74, 6) is 0.848. The van der Waals surface area contributed by atoms with E-state index < -0.39 is 0 Å². The molecule has 156 valence electrons. The maximum Gasteiger partial charge on any atom is 0.191 e. The second-order valence-corrected chi connectivity index (χ2v) is 6.53. The van der Waals surface area contributed by atoms with E-state index in [-0.39, 0.29) is 36.2 Å². The normalized spacial score (nSPS) is 18.7.